The van der Waals surface area contributed by atoms with Gasteiger partial charge in [-0.15, -0.1) is 0 Å². The smallest absolute Gasteiger partial charge is 0.239 e. The maximum atomic E-state index is 12.2. The molecule has 5 nitrogen and oxygen atoms in total. The summed E-state index contributed by atoms with van der Waals surface area (Å²) in [6.07, 6.45) is 1.25. The zero-order valence-corrected chi connectivity index (χ0v) is 14.6. The first-order valence-electron chi connectivity index (χ1n) is 8.22. The van der Waals surface area contributed by atoms with Crippen LogP contribution in [0.3, 0.4) is 0 Å². The highest BCUT2D eigenvalue weighted by molar-refractivity contribution is 5.81. The van der Waals surface area contributed by atoms with Crippen LogP contribution in [0, 0.1) is 13.8 Å². The molecule has 1 heterocycles. The zero-order valence-electron chi connectivity index (χ0n) is 14.6. The molecular weight excluding hydrogens is 292 g/mol. The molecule has 1 saturated heterocycles. The Bertz CT molecular complexity index is 545. The Labute approximate surface area is 138 Å². The van der Waals surface area contributed by atoms with Gasteiger partial charge in [0.15, 0.2) is 0 Å². The molecule has 0 saturated carbocycles. The van der Waals surface area contributed by atoms with Crippen LogP contribution in [-0.4, -0.2) is 66.8 Å². The Morgan fingerprint density at radius 2 is 2.17 bits per heavy atom. The molecular formula is C18H28N2O3. The van der Waals surface area contributed by atoms with E-state index in [0.29, 0.717) is 6.54 Å². The molecule has 1 aliphatic heterocycles. The number of hydrogen-bond acceptors (Lipinski definition) is 4. The number of likely N-dealkylation sites (tertiary alicyclic amines) is 1. The molecule has 2 unspecified atom stereocenters. The van der Waals surface area contributed by atoms with Crippen LogP contribution in [0.2, 0.25) is 0 Å². The van der Waals surface area contributed by atoms with E-state index in [0.717, 1.165) is 30.7 Å². The van der Waals surface area contributed by atoms with Gasteiger partial charge < -0.3 is 14.7 Å². The number of nitrogens with zero attached hydrogens (tertiary/aromatic N) is 2. The second-order valence-corrected chi connectivity index (χ2v) is 6.62. The van der Waals surface area contributed by atoms with E-state index in [2.05, 4.69) is 11.0 Å². The van der Waals surface area contributed by atoms with Crippen LogP contribution >= 0.6 is 0 Å². The lowest BCUT2D eigenvalue weighted by Crippen LogP contribution is -2.46. The van der Waals surface area contributed by atoms with Crippen molar-refractivity contribution in [1.29, 1.82) is 0 Å². The third-order valence-electron chi connectivity index (χ3n) is 4.30. The molecule has 1 amide bonds. The number of aliphatic hydroxyl groups excluding tert-OH is 1. The van der Waals surface area contributed by atoms with E-state index in [1.54, 1.807) is 19.0 Å². The van der Waals surface area contributed by atoms with Crippen molar-refractivity contribution in [3.8, 4) is 5.75 Å². The van der Waals surface area contributed by atoms with E-state index >= 15 is 0 Å². The summed E-state index contributed by atoms with van der Waals surface area (Å²) in [6, 6.07) is 5.89. The minimum absolute atomic E-state index is 0.110. The maximum absolute atomic E-state index is 12.2. The summed E-state index contributed by atoms with van der Waals surface area (Å²) in [5.41, 5.74) is 2.26. The van der Waals surface area contributed by atoms with Crippen molar-refractivity contribution < 1.29 is 14.6 Å². The number of rotatable bonds is 6. The van der Waals surface area contributed by atoms with Gasteiger partial charge in [0.25, 0.3) is 0 Å². The Kier molecular flexibility index (Phi) is 6.02. The molecule has 0 aliphatic carbocycles. The largest absolute Gasteiger partial charge is 0.491 e. The van der Waals surface area contributed by atoms with Gasteiger partial charge in [-0.2, -0.15) is 0 Å². The third-order valence-corrected chi connectivity index (χ3v) is 4.30. The molecule has 1 aromatic carbocycles. The van der Waals surface area contributed by atoms with Crippen LogP contribution in [0.1, 0.15) is 24.0 Å². The highest BCUT2D eigenvalue weighted by Gasteiger charge is 2.32. The van der Waals surface area contributed by atoms with E-state index in [-0.39, 0.29) is 18.6 Å². The molecule has 1 aliphatic rings. The quantitative estimate of drug-likeness (QED) is 0.865. The number of aliphatic hydroxyl groups is 1. The van der Waals surface area contributed by atoms with Crippen molar-refractivity contribution in [1.82, 2.24) is 9.80 Å². The Balaban J connectivity index is 1.86. The second kappa shape index (κ2) is 7.79. The molecule has 0 radical (unpaired) electrons. The van der Waals surface area contributed by atoms with Gasteiger partial charge in [-0.05, 0) is 44.9 Å². The zero-order chi connectivity index (χ0) is 17.0. The highest BCUT2D eigenvalue weighted by atomic mass is 16.5. The average molecular weight is 320 g/mol. The van der Waals surface area contributed by atoms with Crippen LogP contribution in [-0.2, 0) is 4.79 Å². The number of hydrogen-bond donors (Lipinski definition) is 1. The van der Waals surface area contributed by atoms with Crippen molar-refractivity contribution in [3.05, 3.63) is 29.3 Å². The van der Waals surface area contributed by atoms with Crippen LogP contribution in [0.25, 0.3) is 0 Å². The van der Waals surface area contributed by atoms with Crippen molar-refractivity contribution in [3.63, 3.8) is 0 Å². The third kappa shape index (κ3) is 4.69. The first-order valence-corrected chi connectivity index (χ1v) is 8.22. The molecule has 0 bridgehead atoms. The van der Waals surface area contributed by atoms with E-state index in [4.69, 9.17) is 4.74 Å². The maximum Gasteiger partial charge on any atom is 0.239 e. The summed E-state index contributed by atoms with van der Waals surface area (Å²) >= 11 is 0. The van der Waals surface area contributed by atoms with Gasteiger partial charge >= 0.3 is 0 Å². The van der Waals surface area contributed by atoms with Gasteiger partial charge in [0, 0.05) is 20.6 Å². The number of ether oxygens (including phenoxy) is 1. The summed E-state index contributed by atoms with van der Waals surface area (Å²) in [5.74, 6) is 0.919. The van der Waals surface area contributed by atoms with E-state index in [1.807, 2.05) is 26.0 Å². The van der Waals surface area contributed by atoms with E-state index in [1.165, 1.54) is 5.56 Å². The molecule has 2 rings (SSSR count). The normalized spacial score (nSPS) is 19.6. The standard InChI is InChI=1S/C18H28N2O3/c1-13-7-8-17(14(2)10-13)23-12-15(21)11-20-9-5-6-16(20)18(22)19(3)4/h7-8,10,15-16,21H,5-6,9,11-12H2,1-4H3. The van der Waals surface area contributed by atoms with Crippen LogP contribution in [0.5, 0.6) is 5.75 Å². The minimum Gasteiger partial charge on any atom is -0.491 e. The lowest BCUT2D eigenvalue weighted by atomic mass is 10.1. The Morgan fingerprint density at radius 1 is 1.43 bits per heavy atom. The van der Waals surface area contributed by atoms with Crippen LogP contribution < -0.4 is 4.74 Å². The fraction of sp³-hybridized carbons (Fsp3) is 0.611. The lowest BCUT2D eigenvalue weighted by molar-refractivity contribution is -0.133. The lowest BCUT2D eigenvalue weighted by Gasteiger charge is -2.28. The molecule has 5 heteroatoms. The fourth-order valence-corrected chi connectivity index (χ4v) is 3.09. The van der Waals surface area contributed by atoms with Gasteiger partial charge in [0.05, 0.1) is 6.04 Å². The number of benzene rings is 1. The summed E-state index contributed by atoms with van der Waals surface area (Å²) < 4.78 is 5.74. The number of carbonyl (C=O) groups excluding carboxylic acids is 1. The average Bonchev–Trinajstić information content (AvgIpc) is 2.93. The molecule has 23 heavy (non-hydrogen) atoms. The van der Waals surface area contributed by atoms with Crippen molar-refractivity contribution >= 4 is 5.91 Å². The number of carbonyl (C=O) groups is 1. The van der Waals surface area contributed by atoms with Crippen molar-refractivity contribution in [2.75, 3.05) is 33.8 Å². The minimum atomic E-state index is -0.605. The number of likely N-dealkylation sites (N-methyl/N-ethyl adjacent to an activating group) is 1. The van der Waals surface area contributed by atoms with E-state index in [9.17, 15) is 9.90 Å². The Morgan fingerprint density at radius 3 is 2.83 bits per heavy atom. The number of amides is 1. The number of β-amino-alcohol motifs (C(OH)–C–C–N with tert-alkyl or cyclic N) is 1. The predicted molar refractivity (Wildman–Crippen MR) is 90.7 cm³/mol. The highest BCUT2D eigenvalue weighted by Crippen LogP contribution is 2.21. The summed E-state index contributed by atoms with van der Waals surface area (Å²) in [4.78, 5) is 15.9. The van der Waals surface area contributed by atoms with E-state index < -0.39 is 6.10 Å². The molecule has 1 N–H and O–H groups in total. The Hall–Kier alpha value is -1.59. The molecule has 0 aromatic heterocycles. The summed E-state index contributed by atoms with van der Waals surface area (Å²) in [5, 5.41) is 10.3. The molecule has 1 fully saturated rings. The topological polar surface area (TPSA) is 53.0 Å². The van der Waals surface area contributed by atoms with Crippen LogP contribution in [0.15, 0.2) is 18.2 Å². The van der Waals surface area contributed by atoms with Crippen molar-refractivity contribution in [2.24, 2.45) is 0 Å². The fourth-order valence-electron chi connectivity index (χ4n) is 3.09. The van der Waals surface area contributed by atoms with Gasteiger partial charge in [-0.1, -0.05) is 17.7 Å². The SMILES string of the molecule is Cc1ccc(OCC(O)CN2CCCC2C(=O)N(C)C)c(C)c1. The summed E-state index contributed by atoms with van der Waals surface area (Å²) in [7, 11) is 3.55. The first-order chi connectivity index (χ1) is 10.9. The molecule has 1 aromatic rings. The van der Waals surface area contributed by atoms with Gasteiger partial charge in [0.1, 0.15) is 18.5 Å². The number of aryl methyl sites for hydroxylation is 2. The van der Waals surface area contributed by atoms with Crippen LogP contribution in [0.4, 0.5) is 0 Å². The molecule has 128 valence electrons. The predicted octanol–water partition coefficient (Wildman–Crippen LogP) is 1.60. The summed E-state index contributed by atoms with van der Waals surface area (Å²) in [6.45, 7) is 5.60. The molecule has 2 atom stereocenters. The monoisotopic (exact) mass is 320 g/mol. The first kappa shape index (κ1) is 17.8. The second-order valence-electron chi connectivity index (χ2n) is 6.62. The molecule has 0 spiro atoms. The van der Waals surface area contributed by atoms with Gasteiger partial charge in [-0.3, -0.25) is 9.69 Å². The van der Waals surface area contributed by atoms with Gasteiger partial charge in [-0.25, -0.2) is 0 Å². The van der Waals surface area contributed by atoms with Gasteiger partial charge in [0.2, 0.25) is 5.91 Å². The van der Waals surface area contributed by atoms with Crippen molar-refractivity contribution in [2.45, 2.75) is 38.8 Å².